The quantitative estimate of drug-likeness (QED) is 0.187. The molecule has 0 aliphatic heterocycles. The van der Waals surface area contributed by atoms with Gasteiger partial charge in [0.05, 0.1) is 20.6 Å². The van der Waals surface area contributed by atoms with E-state index in [9.17, 15) is 8.22 Å². The highest BCUT2D eigenvalue weighted by atomic mass is 16.3. The summed E-state index contributed by atoms with van der Waals surface area (Å²) >= 11 is 0. The molecule has 0 spiro atoms. The molecule has 210 valence electrons. The van der Waals surface area contributed by atoms with E-state index in [-0.39, 0.29) is 71.3 Å². The number of rotatable bonds is 4. The van der Waals surface area contributed by atoms with Crippen LogP contribution < -0.4 is 0 Å². The summed E-state index contributed by atoms with van der Waals surface area (Å²) in [6, 6.07) is 14.0. The Morgan fingerprint density at radius 1 is 0.400 bits per heavy atom. The van der Waals surface area contributed by atoms with E-state index >= 15 is 0 Å². The molecule has 1 heteroatoms. The molecule has 0 aliphatic carbocycles. The first-order chi connectivity index (χ1) is 28.6. The second kappa shape index (κ2) is 10.4. The minimum Gasteiger partial charge on any atom is -0.455 e. The average molecular weight is 588 g/mol. The van der Waals surface area contributed by atoms with Crippen LogP contribution in [0.25, 0.3) is 88.0 Å². The van der Waals surface area contributed by atoms with E-state index < -0.39 is 90.6 Å². The lowest BCUT2D eigenvalue weighted by molar-refractivity contribution is 0.633. The second-order valence-electron chi connectivity index (χ2n) is 10.5. The Morgan fingerprint density at radius 3 is 1.64 bits per heavy atom. The summed E-state index contributed by atoms with van der Waals surface area (Å²) in [4.78, 5) is 0. The van der Waals surface area contributed by atoms with E-state index in [2.05, 4.69) is 0 Å². The monoisotopic (exact) mass is 587 g/mol. The summed E-state index contributed by atoms with van der Waals surface area (Å²) in [7, 11) is 0. The van der Waals surface area contributed by atoms with Crippen molar-refractivity contribution < 1.29 is 25.0 Å². The third-order valence-corrected chi connectivity index (χ3v) is 7.96. The first-order valence-electron chi connectivity index (χ1n) is 21.7. The van der Waals surface area contributed by atoms with Crippen LogP contribution >= 0.6 is 0 Å². The Balaban J connectivity index is 1.60. The predicted molar refractivity (Wildman–Crippen MR) is 190 cm³/mol. The maximum atomic E-state index is 9.52. The van der Waals surface area contributed by atoms with E-state index in [1.807, 2.05) is 30.3 Å². The number of benzene rings is 8. The Morgan fingerprint density at radius 2 is 0.978 bits per heavy atom. The first-order valence-corrected chi connectivity index (χ1v) is 14.2. The molecule has 0 bridgehead atoms. The Hall–Kier alpha value is -5.92. The summed E-state index contributed by atoms with van der Waals surface area (Å²) in [6.07, 6.45) is 0. The third-order valence-electron chi connectivity index (χ3n) is 7.96. The zero-order valence-corrected chi connectivity index (χ0v) is 23.4. The van der Waals surface area contributed by atoms with Crippen molar-refractivity contribution in [2.75, 3.05) is 0 Å². The molecule has 8 aromatic carbocycles. The third kappa shape index (κ3) is 4.17. The van der Waals surface area contributed by atoms with E-state index in [4.69, 9.17) is 16.8 Å². The van der Waals surface area contributed by atoms with Gasteiger partial charge in [-0.3, -0.25) is 0 Å². The van der Waals surface area contributed by atoms with Gasteiger partial charge < -0.3 is 4.42 Å². The molecule has 1 nitrogen and oxygen atoms in total. The van der Waals surface area contributed by atoms with Crippen LogP contribution in [0.2, 0.25) is 0 Å². The molecule has 0 atom stereocenters. The number of hydrogen-bond donors (Lipinski definition) is 0. The first kappa shape index (κ1) is 14.7. The Kier molecular flexibility index (Phi) is 3.39. The number of fused-ring (bicyclic) bond motifs is 4. The van der Waals surface area contributed by atoms with Crippen LogP contribution in [0, 0.1) is 0 Å². The molecule has 0 saturated carbocycles. The molecule has 1 heterocycles. The zero-order valence-electron chi connectivity index (χ0n) is 38.4. The lowest BCUT2D eigenvalue weighted by Crippen LogP contribution is -1.91. The lowest BCUT2D eigenvalue weighted by Gasteiger charge is -2.18. The van der Waals surface area contributed by atoms with E-state index in [0.717, 1.165) is 5.56 Å². The number of furan rings is 1. The van der Waals surface area contributed by atoms with Crippen LogP contribution in [0.5, 0.6) is 0 Å². The molecular weight excluding hydrogens is 544 g/mol. The van der Waals surface area contributed by atoms with Crippen LogP contribution in [0.15, 0.2) is 174 Å². The summed E-state index contributed by atoms with van der Waals surface area (Å²) in [6.45, 7) is 0. The largest absolute Gasteiger partial charge is 0.455 e. The van der Waals surface area contributed by atoms with Gasteiger partial charge in [-0.2, -0.15) is 0 Å². The fourth-order valence-corrected chi connectivity index (χ4v) is 5.99. The maximum absolute atomic E-state index is 9.52. The van der Waals surface area contributed by atoms with Gasteiger partial charge in [0.1, 0.15) is 11.3 Å². The van der Waals surface area contributed by atoms with Gasteiger partial charge >= 0.3 is 0 Å². The van der Waals surface area contributed by atoms with Gasteiger partial charge in [-0.25, -0.2) is 0 Å². The minimum absolute atomic E-state index is 0.0177. The second-order valence-corrected chi connectivity index (χ2v) is 10.5. The summed E-state index contributed by atoms with van der Waals surface area (Å²) in [5, 5.41) is -0.846. The highest BCUT2D eigenvalue weighted by Crippen LogP contribution is 2.50. The molecule has 0 amide bonds. The smallest absolute Gasteiger partial charge is 0.143 e. The fraction of sp³-hybridized carbons (Fsp3) is 0. The van der Waals surface area contributed by atoms with E-state index in [1.54, 1.807) is 48.5 Å². The molecule has 0 unspecified atom stereocenters. The molecule has 0 radical (unpaired) electrons. The molecule has 1 aromatic heterocycles. The van der Waals surface area contributed by atoms with Crippen molar-refractivity contribution in [3.8, 4) is 44.7 Å². The maximum Gasteiger partial charge on any atom is 0.143 e. The Bertz CT molecular complexity index is 3280. The normalized spacial score (nSPS) is 16.2. The average Bonchev–Trinajstić information content (AvgIpc) is 3.63. The van der Waals surface area contributed by atoms with Crippen molar-refractivity contribution in [1.82, 2.24) is 0 Å². The van der Waals surface area contributed by atoms with Crippen LogP contribution in [-0.2, 0) is 0 Å². The van der Waals surface area contributed by atoms with Crippen molar-refractivity contribution in [2.24, 2.45) is 0 Å². The van der Waals surface area contributed by atoms with Gasteiger partial charge in [-0.05, 0) is 72.7 Å². The van der Waals surface area contributed by atoms with Gasteiger partial charge in [0.2, 0.25) is 0 Å². The highest BCUT2D eigenvalue weighted by molar-refractivity contribution is 6.25. The molecule has 9 rings (SSSR count). The molecule has 9 aromatic rings. The topological polar surface area (TPSA) is 13.1 Å². The molecule has 45 heavy (non-hydrogen) atoms. The molecular formula is C44H28O. The van der Waals surface area contributed by atoms with Crippen LogP contribution in [0.4, 0.5) is 0 Å². The fourth-order valence-electron chi connectivity index (χ4n) is 5.99. The molecule has 0 N–H and O–H groups in total. The van der Waals surface area contributed by atoms with Crippen LogP contribution in [0.3, 0.4) is 0 Å². The van der Waals surface area contributed by atoms with Crippen molar-refractivity contribution in [3.05, 3.63) is 169 Å². The number of hydrogen-bond acceptors (Lipinski definition) is 1. The van der Waals surface area contributed by atoms with Gasteiger partial charge in [0.25, 0.3) is 0 Å². The standard InChI is InChI=1S/C44H28O/c1-3-13-29(14-4-1)33-25-26-39-40(28-33)45-44(34-24-23-30-15-7-8-18-32(30)27-34)43(39)42-37-21-11-9-19-35(37)41(31-16-5-2-6-17-31)36-20-10-12-22-38(36)42/h1-28H/i7D,8D,9D,10D,11D,12D,15D,18D,19D,20D,21D,22D,23D,24D,27D. The van der Waals surface area contributed by atoms with Crippen molar-refractivity contribution in [2.45, 2.75) is 0 Å². The molecule has 0 aliphatic rings. The van der Waals surface area contributed by atoms with Crippen molar-refractivity contribution >= 4 is 43.3 Å². The highest BCUT2D eigenvalue weighted by Gasteiger charge is 2.24. The van der Waals surface area contributed by atoms with E-state index in [0.29, 0.717) is 11.1 Å². The van der Waals surface area contributed by atoms with Crippen molar-refractivity contribution in [1.29, 1.82) is 0 Å². The van der Waals surface area contributed by atoms with E-state index in [1.165, 1.54) is 0 Å². The summed E-state index contributed by atoms with van der Waals surface area (Å²) in [5.41, 5.74) is 1.65. The Labute approximate surface area is 282 Å². The minimum atomic E-state index is -0.665. The van der Waals surface area contributed by atoms with Gasteiger partial charge in [-0.15, -0.1) is 0 Å². The van der Waals surface area contributed by atoms with Crippen LogP contribution in [0.1, 0.15) is 20.6 Å². The van der Waals surface area contributed by atoms with Crippen molar-refractivity contribution in [3.63, 3.8) is 0 Å². The van der Waals surface area contributed by atoms with Crippen LogP contribution in [-0.4, -0.2) is 0 Å². The predicted octanol–water partition coefficient (Wildman–Crippen LogP) is 12.6. The zero-order chi connectivity index (χ0) is 42.8. The molecule has 0 saturated heterocycles. The van der Waals surface area contributed by atoms with Gasteiger partial charge in [-0.1, -0.05) is 151 Å². The lowest BCUT2D eigenvalue weighted by atomic mass is 9.84. The summed E-state index contributed by atoms with van der Waals surface area (Å²) < 4.78 is 142. The SMILES string of the molecule is [2H]c1c([2H])c([2H])c2c([2H])c(-c3oc4cc(-c5ccccc5)ccc4c3-c3c4c([2H])c([2H])c([2H])c([2H])c4c(-c4ccccc4)c4c([2H])c([2H])c([2H])c([2H])c34)c([2H])c([2H])c2c1[2H]. The van der Waals surface area contributed by atoms with Gasteiger partial charge in [0.15, 0.2) is 0 Å². The molecule has 0 fully saturated rings. The van der Waals surface area contributed by atoms with Gasteiger partial charge in [0, 0.05) is 22.1 Å². The summed E-state index contributed by atoms with van der Waals surface area (Å²) in [5.74, 6) is -0.289.